The number of anilines is 1. The van der Waals surface area contributed by atoms with E-state index in [9.17, 15) is 9.90 Å². The van der Waals surface area contributed by atoms with Crippen LogP contribution in [0.15, 0.2) is 24.3 Å². The van der Waals surface area contributed by atoms with Gasteiger partial charge in [-0.3, -0.25) is 0 Å². The van der Waals surface area contributed by atoms with Crippen molar-refractivity contribution in [2.45, 2.75) is 38.8 Å². The number of aliphatic hydroxyl groups excluding tert-OH is 1. The van der Waals surface area contributed by atoms with Crippen LogP contribution >= 0.6 is 0 Å². The molecule has 1 aromatic rings. The number of benzene rings is 1. The van der Waals surface area contributed by atoms with Crippen LogP contribution in [0.25, 0.3) is 0 Å². The highest BCUT2D eigenvalue weighted by atomic mass is 16.3. The summed E-state index contributed by atoms with van der Waals surface area (Å²) in [5, 5.41) is 15.9. The van der Waals surface area contributed by atoms with Crippen molar-refractivity contribution in [3.63, 3.8) is 0 Å². The first-order valence-corrected chi connectivity index (χ1v) is 7.67. The summed E-state index contributed by atoms with van der Waals surface area (Å²) in [5.41, 5.74) is 1.94. The monoisotopic (exact) mass is 291 g/mol. The third kappa shape index (κ3) is 4.44. The predicted molar refractivity (Wildman–Crippen MR) is 84.4 cm³/mol. The van der Waals surface area contributed by atoms with E-state index in [1.165, 1.54) is 0 Å². The molecule has 0 aliphatic carbocycles. The summed E-state index contributed by atoms with van der Waals surface area (Å²) in [4.78, 5) is 13.9. The van der Waals surface area contributed by atoms with Gasteiger partial charge in [0.25, 0.3) is 0 Å². The summed E-state index contributed by atoms with van der Waals surface area (Å²) in [7, 11) is 0. The lowest BCUT2D eigenvalue weighted by atomic mass is 10.1. The number of nitrogens with one attached hydrogen (secondary N) is 2. The first-order valence-electron chi connectivity index (χ1n) is 7.67. The molecular formula is C16H25N3O2. The molecule has 116 valence electrons. The van der Waals surface area contributed by atoms with E-state index < -0.39 is 6.10 Å². The maximum absolute atomic E-state index is 12.2. The molecule has 1 aromatic carbocycles. The largest absolute Gasteiger partial charge is 0.391 e. The van der Waals surface area contributed by atoms with E-state index in [0.29, 0.717) is 13.1 Å². The number of hydrogen-bond acceptors (Lipinski definition) is 3. The van der Waals surface area contributed by atoms with Crippen LogP contribution in [-0.4, -0.2) is 41.8 Å². The molecule has 21 heavy (non-hydrogen) atoms. The van der Waals surface area contributed by atoms with Gasteiger partial charge in [0, 0.05) is 24.8 Å². The minimum absolute atomic E-state index is 0.137. The van der Waals surface area contributed by atoms with Gasteiger partial charge in [-0.05, 0) is 44.0 Å². The van der Waals surface area contributed by atoms with E-state index >= 15 is 0 Å². The molecule has 1 aliphatic heterocycles. The van der Waals surface area contributed by atoms with E-state index in [-0.39, 0.29) is 12.1 Å². The van der Waals surface area contributed by atoms with Gasteiger partial charge >= 0.3 is 6.03 Å². The minimum Gasteiger partial charge on any atom is -0.391 e. The Morgan fingerprint density at radius 1 is 1.52 bits per heavy atom. The Labute approximate surface area is 126 Å². The van der Waals surface area contributed by atoms with Gasteiger partial charge in [0.2, 0.25) is 0 Å². The molecule has 0 radical (unpaired) electrons. The fourth-order valence-corrected chi connectivity index (χ4v) is 2.65. The average molecular weight is 291 g/mol. The Hall–Kier alpha value is -1.59. The Balaban J connectivity index is 1.98. The molecule has 5 nitrogen and oxygen atoms in total. The number of urea groups is 1. The quantitative estimate of drug-likeness (QED) is 0.798. The first kappa shape index (κ1) is 15.8. The summed E-state index contributed by atoms with van der Waals surface area (Å²) < 4.78 is 0. The van der Waals surface area contributed by atoms with Crippen LogP contribution in [0.4, 0.5) is 10.5 Å². The molecule has 3 N–H and O–H groups in total. The second-order valence-corrected chi connectivity index (χ2v) is 5.58. The Kier molecular flexibility index (Phi) is 5.59. The van der Waals surface area contributed by atoms with Crippen molar-refractivity contribution in [1.29, 1.82) is 0 Å². The molecule has 2 atom stereocenters. The molecular weight excluding hydrogens is 266 g/mol. The number of piperidine rings is 1. The van der Waals surface area contributed by atoms with Crippen molar-refractivity contribution in [3.8, 4) is 0 Å². The summed E-state index contributed by atoms with van der Waals surface area (Å²) in [6, 6.07) is 7.99. The SMILES string of the molecule is CCNC(C)c1cccc(NC(=O)N2CCCC(O)C2)c1. The van der Waals surface area contributed by atoms with Crippen molar-refractivity contribution in [2.24, 2.45) is 0 Å². The van der Waals surface area contributed by atoms with Gasteiger partial charge < -0.3 is 20.6 Å². The Morgan fingerprint density at radius 3 is 3.05 bits per heavy atom. The zero-order valence-corrected chi connectivity index (χ0v) is 12.8. The van der Waals surface area contributed by atoms with E-state index in [1.807, 2.05) is 24.3 Å². The molecule has 0 aromatic heterocycles. The number of aliphatic hydroxyl groups is 1. The fourth-order valence-electron chi connectivity index (χ4n) is 2.65. The number of hydrogen-bond donors (Lipinski definition) is 3. The zero-order valence-electron chi connectivity index (χ0n) is 12.8. The van der Waals surface area contributed by atoms with E-state index in [1.54, 1.807) is 4.90 Å². The topological polar surface area (TPSA) is 64.6 Å². The highest BCUT2D eigenvalue weighted by Gasteiger charge is 2.22. The minimum atomic E-state index is -0.399. The van der Waals surface area contributed by atoms with E-state index in [2.05, 4.69) is 24.5 Å². The molecule has 0 spiro atoms. The van der Waals surface area contributed by atoms with Crippen molar-refractivity contribution in [2.75, 3.05) is 25.0 Å². The maximum Gasteiger partial charge on any atom is 0.321 e. The molecule has 1 fully saturated rings. The third-order valence-electron chi connectivity index (χ3n) is 3.83. The maximum atomic E-state index is 12.2. The van der Waals surface area contributed by atoms with Gasteiger partial charge in [-0.1, -0.05) is 19.1 Å². The highest BCUT2D eigenvalue weighted by molar-refractivity contribution is 5.89. The van der Waals surface area contributed by atoms with Gasteiger partial charge in [-0.15, -0.1) is 0 Å². The summed E-state index contributed by atoms with van der Waals surface area (Å²) in [6.07, 6.45) is 1.23. The van der Waals surface area contributed by atoms with Gasteiger partial charge in [-0.2, -0.15) is 0 Å². The van der Waals surface area contributed by atoms with Crippen LogP contribution < -0.4 is 10.6 Å². The standard InChI is InChI=1S/C16H25N3O2/c1-3-17-12(2)13-6-4-7-14(10-13)18-16(21)19-9-5-8-15(20)11-19/h4,6-7,10,12,15,17,20H,3,5,8-9,11H2,1-2H3,(H,18,21). The molecule has 1 saturated heterocycles. The van der Waals surface area contributed by atoms with Crippen LogP contribution in [0, 0.1) is 0 Å². The average Bonchev–Trinajstić information content (AvgIpc) is 2.48. The molecule has 2 amide bonds. The van der Waals surface area contributed by atoms with Crippen molar-refractivity contribution >= 4 is 11.7 Å². The first-order chi connectivity index (χ1) is 10.1. The van der Waals surface area contributed by atoms with Crippen LogP contribution in [0.3, 0.4) is 0 Å². The number of rotatable bonds is 4. The lowest BCUT2D eigenvalue weighted by Crippen LogP contribution is -2.44. The predicted octanol–water partition coefficient (Wildman–Crippen LogP) is 2.35. The number of carbonyl (C=O) groups excluding carboxylic acids is 1. The van der Waals surface area contributed by atoms with Gasteiger partial charge in [0.1, 0.15) is 0 Å². The fraction of sp³-hybridized carbons (Fsp3) is 0.562. The van der Waals surface area contributed by atoms with Gasteiger partial charge in [0.05, 0.1) is 6.10 Å². The van der Waals surface area contributed by atoms with E-state index in [0.717, 1.165) is 30.6 Å². The summed E-state index contributed by atoms with van der Waals surface area (Å²) in [5.74, 6) is 0. The number of carbonyl (C=O) groups is 1. The molecule has 0 saturated carbocycles. The number of nitrogens with zero attached hydrogens (tertiary/aromatic N) is 1. The van der Waals surface area contributed by atoms with Crippen LogP contribution in [0.2, 0.25) is 0 Å². The summed E-state index contributed by atoms with van der Waals surface area (Å²) >= 11 is 0. The molecule has 0 bridgehead atoms. The van der Waals surface area contributed by atoms with E-state index in [4.69, 9.17) is 0 Å². The molecule has 1 aliphatic rings. The molecule has 2 rings (SSSR count). The number of likely N-dealkylation sites (tertiary alicyclic amines) is 1. The van der Waals surface area contributed by atoms with Gasteiger partial charge in [0.15, 0.2) is 0 Å². The van der Waals surface area contributed by atoms with Crippen molar-refractivity contribution in [3.05, 3.63) is 29.8 Å². The van der Waals surface area contributed by atoms with Crippen LogP contribution in [-0.2, 0) is 0 Å². The second-order valence-electron chi connectivity index (χ2n) is 5.58. The van der Waals surface area contributed by atoms with Crippen LogP contribution in [0.5, 0.6) is 0 Å². The summed E-state index contributed by atoms with van der Waals surface area (Å²) in [6.45, 7) is 6.20. The van der Waals surface area contributed by atoms with Crippen LogP contribution in [0.1, 0.15) is 38.3 Å². The number of β-amino-alcohol motifs (C(OH)–C–C–N with tert-alkyl or cyclic N) is 1. The number of amides is 2. The lowest BCUT2D eigenvalue weighted by molar-refractivity contribution is 0.0883. The normalized spacial score (nSPS) is 20.1. The lowest BCUT2D eigenvalue weighted by Gasteiger charge is -2.30. The zero-order chi connectivity index (χ0) is 15.2. The molecule has 1 heterocycles. The highest BCUT2D eigenvalue weighted by Crippen LogP contribution is 2.18. The Bertz CT molecular complexity index is 478. The molecule has 2 unspecified atom stereocenters. The smallest absolute Gasteiger partial charge is 0.321 e. The molecule has 5 heteroatoms. The van der Waals surface area contributed by atoms with Crippen molar-refractivity contribution < 1.29 is 9.90 Å². The second kappa shape index (κ2) is 7.43. The Morgan fingerprint density at radius 2 is 2.33 bits per heavy atom. The third-order valence-corrected chi connectivity index (χ3v) is 3.83. The van der Waals surface area contributed by atoms with Crippen molar-refractivity contribution in [1.82, 2.24) is 10.2 Å². The van der Waals surface area contributed by atoms with Gasteiger partial charge in [-0.25, -0.2) is 4.79 Å².